The van der Waals surface area contributed by atoms with E-state index in [1.54, 1.807) is 0 Å². The molecule has 178 valence electrons. The number of hydrogen-bond donors (Lipinski definition) is 0. The third-order valence-corrected chi connectivity index (χ3v) is 10.4. The molecule has 0 amide bonds. The maximum atomic E-state index is 12.1. The molecule has 7 rings (SSSR count). The Morgan fingerprint density at radius 1 is 0.943 bits per heavy atom. The number of anilines is 1. The molecule has 4 aliphatic carbocycles. The van der Waals surface area contributed by atoms with E-state index in [4.69, 9.17) is 5.10 Å². The first-order valence-electron chi connectivity index (χ1n) is 13.4. The molecule has 3 nitrogen and oxygen atoms in total. The number of nitrogens with zero attached hydrogens (tertiary/aromatic N) is 2. The van der Waals surface area contributed by atoms with Gasteiger partial charge in [-0.3, -0.25) is 9.80 Å². The van der Waals surface area contributed by atoms with Gasteiger partial charge in [-0.25, -0.2) is 0 Å². The SMILES string of the molecule is C[C@]12C=CC(=O)C=C1CC[C@@H]1[C@@H]2CC[C@]2(C)C3=NN(c4ccccc4)[C@H](c4ccccc4)[C@H]3C[C@@H]12. The van der Waals surface area contributed by atoms with Crippen LogP contribution in [-0.2, 0) is 4.79 Å². The monoisotopic (exact) mass is 462 g/mol. The van der Waals surface area contributed by atoms with E-state index >= 15 is 0 Å². The lowest BCUT2D eigenvalue weighted by Gasteiger charge is -2.56. The van der Waals surface area contributed by atoms with Crippen LogP contribution in [0.25, 0.3) is 0 Å². The third kappa shape index (κ3) is 2.96. The highest BCUT2D eigenvalue weighted by molar-refractivity contribution is 6.01. The van der Waals surface area contributed by atoms with Crippen molar-refractivity contribution in [2.75, 3.05) is 5.01 Å². The number of carbonyl (C=O) groups is 1. The first-order valence-corrected chi connectivity index (χ1v) is 13.4. The Bertz CT molecular complexity index is 1260. The Morgan fingerprint density at radius 3 is 2.46 bits per heavy atom. The summed E-state index contributed by atoms with van der Waals surface area (Å²) in [5.41, 5.74) is 5.59. The average molecular weight is 463 g/mol. The van der Waals surface area contributed by atoms with Crippen LogP contribution in [0.2, 0.25) is 0 Å². The minimum atomic E-state index is 0.0482. The van der Waals surface area contributed by atoms with Gasteiger partial charge >= 0.3 is 0 Å². The standard InChI is InChI=1S/C32H34N2O/c1-31-17-15-24(35)19-22(31)13-14-25-27(31)16-18-32(2)28(25)20-26-29(21-9-5-3-6-10-21)34(33-30(26)32)23-11-7-4-8-12-23/h3-12,15,17,19,25-29H,13-14,16,18,20H2,1-2H3/t25-,26-,27+,28+,29-,31+,32+/m1/s1. The molecule has 2 aromatic carbocycles. The molecule has 0 unspecified atom stereocenters. The fourth-order valence-electron chi connectivity index (χ4n) is 8.72. The van der Waals surface area contributed by atoms with Gasteiger partial charge in [0.2, 0.25) is 0 Å². The van der Waals surface area contributed by atoms with E-state index in [2.05, 4.69) is 85.6 Å². The number of carbonyl (C=O) groups excluding carboxylic acids is 1. The van der Waals surface area contributed by atoms with Crippen LogP contribution in [0.3, 0.4) is 0 Å². The Balaban J connectivity index is 1.29. The third-order valence-electron chi connectivity index (χ3n) is 10.4. The van der Waals surface area contributed by atoms with Crippen molar-refractivity contribution >= 4 is 17.2 Å². The maximum absolute atomic E-state index is 12.1. The molecule has 3 heteroatoms. The van der Waals surface area contributed by atoms with Gasteiger partial charge in [-0.2, -0.15) is 5.10 Å². The molecule has 0 saturated heterocycles. The minimum Gasteiger partial charge on any atom is -0.290 e. The van der Waals surface area contributed by atoms with Gasteiger partial charge in [0.1, 0.15) is 0 Å². The van der Waals surface area contributed by atoms with Gasteiger partial charge in [-0.15, -0.1) is 0 Å². The van der Waals surface area contributed by atoms with Crippen molar-refractivity contribution < 1.29 is 4.79 Å². The van der Waals surface area contributed by atoms with Crippen molar-refractivity contribution in [1.29, 1.82) is 0 Å². The summed E-state index contributed by atoms with van der Waals surface area (Å²) >= 11 is 0. The first-order chi connectivity index (χ1) is 17.0. The van der Waals surface area contributed by atoms with Gasteiger partial charge in [0.25, 0.3) is 0 Å². The molecule has 5 aliphatic rings. The summed E-state index contributed by atoms with van der Waals surface area (Å²) in [7, 11) is 0. The van der Waals surface area contributed by atoms with Gasteiger partial charge in [0.05, 0.1) is 17.4 Å². The summed E-state index contributed by atoms with van der Waals surface area (Å²) in [6.07, 6.45) is 11.9. The lowest BCUT2D eigenvalue weighted by molar-refractivity contribution is -0.111. The molecular formula is C32H34N2O. The molecule has 35 heavy (non-hydrogen) atoms. The number of hydrazone groups is 1. The molecule has 0 aromatic heterocycles. The lowest BCUT2D eigenvalue weighted by atomic mass is 9.48. The highest BCUT2D eigenvalue weighted by Gasteiger charge is 2.63. The van der Waals surface area contributed by atoms with Crippen LogP contribution >= 0.6 is 0 Å². The molecule has 0 spiro atoms. The second-order valence-electron chi connectivity index (χ2n) is 11.9. The number of rotatable bonds is 2. The highest BCUT2D eigenvalue weighted by atomic mass is 16.1. The summed E-state index contributed by atoms with van der Waals surface area (Å²) in [4.78, 5) is 12.1. The number of hydrogen-bond acceptors (Lipinski definition) is 3. The molecule has 3 saturated carbocycles. The number of allylic oxidation sites excluding steroid dienone is 4. The molecule has 7 atom stereocenters. The Hall–Kier alpha value is -2.94. The Kier molecular flexibility index (Phi) is 4.59. The molecule has 1 aliphatic heterocycles. The lowest BCUT2D eigenvalue weighted by Crippen LogP contribution is -2.49. The number of ketones is 1. The van der Waals surface area contributed by atoms with E-state index in [1.807, 2.05) is 12.2 Å². The largest absolute Gasteiger partial charge is 0.290 e. The quantitative estimate of drug-likeness (QED) is 0.475. The predicted octanol–water partition coefficient (Wildman–Crippen LogP) is 7.14. The van der Waals surface area contributed by atoms with Crippen LogP contribution in [0.5, 0.6) is 0 Å². The second-order valence-corrected chi connectivity index (χ2v) is 11.9. The van der Waals surface area contributed by atoms with Crippen LogP contribution in [0.15, 0.2) is 89.6 Å². The minimum absolute atomic E-state index is 0.0482. The molecule has 0 radical (unpaired) electrons. The van der Waals surface area contributed by atoms with Crippen molar-refractivity contribution in [2.24, 2.45) is 39.6 Å². The topological polar surface area (TPSA) is 32.7 Å². The van der Waals surface area contributed by atoms with Gasteiger partial charge in [-0.05, 0) is 79.7 Å². The van der Waals surface area contributed by atoms with Crippen LogP contribution in [0, 0.1) is 34.5 Å². The summed E-state index contributed by atoms with van der Waals surface area (Å²) < 4.78 is 0. The fourth-order valence-corrected chi connectivity index (χ4v) is 8.72. The highest BCUT2D eigenvalue weighted by Crippen LogP contribution is 2.67. The second kappa shape index (κ2) is 7.53. The molecule has 0 N–H and O–H groups in total. The van der Waals surface area contributed by atoms with Crippen LogP contribution in [-0.4, -0.2) is 11.5 Å². The summed E-state index contributed by atoms with van der Waals surface area (Å²) in [5.74, 6) is 2.62. The van der Waals surface area contributed by atoms with E-state index in [0.717, 1.165) is 6.42 Å². The van der Waals surface area contributed by atoms with Crippen molar-refractivity contribution in [3.63, 3.8) is 0 Å². The Labute approximate surface area is 208 Å². The molecule has 2 aromatic rings. The zero-order valence-corrected chi connectivity index (χ0v) is 20.7. The van der Waals surface area contributed by atoms with E-state index < -0.39 is 0 Å². The molecule has 0 bridgehead atoms. The molecule has 1 heterocycles. The molecule has 3 fully saturated rings. The summed E-state index contributed by atoms with van der Waals surface area (Å²) in [6.45, 7) is 4.93. The van der Waals surface area contributed by atoms with E-state index in [-0.39, 0.29) is 22.7 Å². The van der Waals surface area contributed by atoms with Crippen molar-refractivity contribution in [2.45, 2.75) is 52.0 Å². The van der Waals surface area contributed by atoms with Gasteiger partial charge in [-0.1, -0.05) is 74.0 Å². The van der Waals surface area contributed by atoms with E-state index in [0.29, 0.717) is 23.7 Å². The van der Waals surface area contributed by atoms with Crippen LogP contribution in [0.1, 0.15) is 57.6 Å². The van der Waals surface area contributed by atoms with E-state index in [1.165, 1.54) is 48.2 Å². The van der Waals surface area contributed by atoms with Crippen molar-refractivity contribution in [3.8, 4) is 0 Å². The van der Waals surface area contributed by atoms with Crippen LogP contribution in [0.4, 0.5) is 5.69 Å². The first kappa shape index (κ1) is 21.4. The van der Waals surface area contributed by atoms with Gasteiger partial charge in [0.15, 0.2) is 5.78 Å². The number of para-hydroxylation sites is 1. The maximum Gasteiger partial charge on any atom is 0.178 e. The number of fused-ring (bicyclic) bond motifs is 7. The normalized spacial score (nSPS) is 39.3. The zero-order valence-electron chi connectivity index (χ0n) is 20.7. The van der Waals surface area contributed by atoms with Crippen LogP contribution < -0.4 is 5.01 Å². The predicted molar refractivity (Wildman–Crippen MR) is 141 cm³/mol. The smallest absolute Gasteiger partial charge is 0.178 e. The van der Waals surface area contributed by atoms with Crippen molar-refractivity contribution in [3.05, 3.63) is 90.0 Å². The average Bonchev–Trinajstić information content (AvgIpc) is 3.40. The summed E-state index contributed by atoms with van der Waals surface area (Å²) in [5, 5.41) is 7.78. The summed E-state index contributed by atoms with van der Waals surface area (Å²) in [6, 6.07) is 22.0. The zero-order chi connectivity index (χ0) is 23.8. The van der Waals surface area contributed by atoms with E-state index in [9.17, 15) is 4.79 Å². The van der Waals surface area contributed by atoms with Gasteiger partial charge in [0, 0.05) is 16.7 Å². The van der Waals surface area contributed by atoms with Crippen molar-refractivity contribution in [1.82, 2.24) is 0 Å². The van der Waals surface area contributed by atoms with Gasteiger partial charge < -0.3 is 0 Å². The fraction of sp³-hybridized carbons (Fsp3) is 0.438. The Morgan fingerprint density at radius 2 is 1.69 bits per heavy atom. The number of benzene rings is 2. The molecular weight excluding hydrogens is 428 g/mol.